The molecule has 0 aliphatic carbocycles. The van der Waals surface area contributed by atoms with E-state index < -0.39 is 6.61 Å². The van der Waals surface area contributed by atoms with Crippen LogP contribution in [0.2, 0.25) is 0 Å². The number of thiazole rings is 1. The molecule has 6 heteroatoms. The highest BCUT2D eigenvalue weighted by Crippen LogP contribution is 2.31. The molecule has 2 aromatic heterocycles. The van der Waals surface area contributed by atoms with Crippen molar-refractivity contribution in [3.05, 3.63) is 42.2 Å². The largest absolute Gasteiger partial charge is 0.495 e. The van der Waals surface area contributed by atoms with Crippen LogP contribution in [0.5, 0.6) is 5.75 Å². The third kappa shape index (κ3) is 2.63. The van der Waals surface area contributed by atoms with Gasteiger partial charge < -0.3 is 9.84 Å². The van der Waals surface area contributed by atoms with Crippen molar-refractivity contribution in [1.29, 1.82) is 0 Å². The molecule has 2 heterocycles. The maximum absolute atomic E-state index is 11.5. The van der Waals surface area contributed by atoms with E-state index in [2.05, 4.69) is 9.97 Å². The number of methoxy groups -OCH3 is 1. The summed E-state index contributed by atoms with van der Waals surface area (Å²) in [6.45, 7) is -0.489. The van der Waals surface area contributed by atoms with E-state index >= 15 is 0 Å². The molecule has 21 heavy (non-hydrogen) atoms. The van der Waals surface area contributed by atoms with Crippen LogP contribution in [0.4, 0.5) is 0 Å². The summed E-state index contributed by atoms with van der Waals surface area (Å²) in [4.78, 5) is 20.2. The van der Waals surface area contributed by atoms with Gasteiger partial charge in [-0.25, -0.2) is 4.98 Å². The molecular weight excluding hydrogens is 288 g/mol. The molecule has 0 atom stereocenters. The van der Waals surface area contributed by atoms with Crippen LogP contribution in [0.15, 0.2) is 36.7 Å². The third-order valence-corrected chi connectivity index (χ3v) is 4.12. The molecule has 3 aromatic rings. The minimum absolute atomic E-state index is 0.296. The highest BCUT2D eigenvalue weighted by atomic mass is 32.1. The van der Waals surface area contributed by atoms with Crippen LogP contribution in [0.25, 0.3) is 20.8 Å². The molecule has 0 spiro atoms. The van der Waals surface area contributed by atoms with Gasteiger partial charge in [0.15, 0.2) is 5.78 Å². The Bertz CT molecular complexity index is 814. The highest BCUT2D eigenvalue weighted by molar-refractivity contribution is 7.21. The van der Waals surface area contributed by atoms with E-state index in [1.54, 1.807) is 37.7 Å². The normalized spacial score (nSPS) is 10.8. The highest BCUT2D eigenvalue weighted by Gasteiger charge is 2.10. The lowest BCUT2D eigenvalue weighted by Crippen LogP contribution is -2.03. The zero-order chi connectivity index (χ0) is 14.8. The number of aliphatic hydroxyl groups excluding tert-OH is 1. The molecule has 0 radical (unpaired) electrons. The number of hydrogen-bond acceptors (Lipinski definition) is 6. The van der Waals surface area contributed by atoms with Crippen LogP contribution in [0, 0.1) is 0 Å². The molecule has 0 aliphatic heterocycles. The molecule has 0 aliphatic rings. The molecular formula is C15H12N2O3S. The first-order chi connectivity index (χ1) is 10.2. The number of aromatic nitrogens is 2. The van der Waals surface area contributed by atoms with Gasteiger partial charge in [-0.15, -0.1) is 11.3 Å². The molecule has 3 rings (SSSR count). The van der Waals surface area contributed by atoms with Gasteiger partial charge in [0, 0.05) is 17.3 Å². The summed E-state index contributed by atoms with van der Waals surface area (Å²) in [6, 6.07) is 7.08. The van der Waals surface area contributed by atoms with Crippen LogP contribution in [-0.2, 0) is 0 Å². The second-order valence-corrected chi connectivity index (χ2v) is 5.43. The predicted octanol–water partition coefficient (Wildman–Crippen LogP) is 2.54. The fraction of sp³-hybridized carbons (Fsp3) is 0.133. The lowest BCUT2D eigenvalue weighted by Gasteiger charge is -1.99. The van der Waals surface area contributed by atoms with Crippen molar-refractivity contribution in [2.45, 2.75) is 0 Å². The van der Waals surface area contributed by atoms with Crippen LogP contribution in [0.1, 0.15) is 10.4 Å². The molecule has 1 aromatic carbocycles. The average molecular weight is 300 g/mol. The Balaban J connectivity index is 2.06. The van der Waals surface area contributed by atoms with Crippen molar-refractivity contribution in [3.63, 3.8) is 0 Å². The summed E-state index contributed by atoms with van der Waals surface area (Å²) in [5.74, 6) is 0.373. The van der Waals surface area contributed by atoms with E-state index in [0.717, 1.165) is 20.8 Å². The molecule has 1 N–H and O–H groups in total. The van der Waals surface area contributed by atoms with Gasteiger partial charge in [0.1, 0.15) is 17.4 Å². The van der Waals surface area contributed by atoms with Crippen molar-refractivity contribution >= 4 is 27.3 Å². The third-order valence-electron chi connectivity index (χ3n) is 3.05. The van der Waals surface area contributed by atoms with Crippen LogP contribution < -0.4 is 4.74 Å². The van der Waals surface area contributed by atoms with Crippen LogP contribution in [-0.4, -0.2) is 34.6 Å². The van der Waals surface area contributed by atoms with Crippen molar-refractivity contribution in [2.24, 2.45) is 0 Å². The Morgan fingerprint density at radius 3 is 2.95 bits per heavy atom. The number of hydrogen-bond donors (Lipinski definition) is 1. The van der Waals surface area contributed by atoms with E-state index in [0.29, 0.717) is 11.3 Å². The topological polar surface area (TPSA) is 72.3 Å². The molecule has 0 fully saturated rings. The molecule has 106 valence electrons. The summed E-state index contributed by atoms with van der Waals surface area (Å²) in [7, 11) is 1.59. The minimum Gasteiger partial charge on any atom is -0.495 e. The Hall–Kier alpha value is -2.31. The maximum atomic E-state index is 11.5. The fourth-order valence-corrected chi connectivity index (χ4v) is 2.95. The molecule has 0 amide bonds. The Kier molecular flexibility index (Phi) is 3.64. The van der Waals surface area contributed by atoms with Crippen molar-refractivity contribution in [1.82, 2.24) is 9.97 Å². The van der Waals surface area contributed by atoms with Crippen LogP contribution in [0.3, 0.4) is 0 Å². The first-order valence-electron chi connectivity index (χ1n) is 6.25. The van der Waals surface area contributed by atoms with Gasteiger partial charge >= 0.3 is 0 Å². The number of pyridine rings is 1. The number of benzene rings is 1. The van der Waals surface area contributed by atoms with Crippen molar-refractivity contribution in [2.75, 3.05) is 13.7 Å². The summed E-state index contributed by atoms with van der Waals surface area (Å²) in [6.07, 6.45) is 3.36. The lowest BCUT2D eigenvalue weighted by atomic mass is 10.1. The number of aliphatic hydroxyl groups is 1. The Labute approximate surface area is 124 Å². The zero-order valence-corrected chi connectivity index (χ0v) is 12.1. The summed E-state index contributed by atoms with van der Waals surface area (Å²) < 4.78 is 6.05. The van der Waals surface area contributed by atoms with Gasteiger partial charge in [-0.05, 0) is 24.3 Å². The van der Waals surface area contributed by atoms with Gasteiger partial charge in [0.05, 0.1) is 23.5 Å². The number of carbonyl (C=O) groups is 1. The smallest absolute Gasteiger partial charge is 0.188 e. The molecule has 5 nitrogen and oxygen atoms in total. The molecule has 0 bridgehead atoms. The Morgan fingerprint density at radius 1 is 1.33 bits per heavy atom. The van der Waals surface area contributed by atoms with Gasteiger partial charge in [-0.1, -0.05) is 0 Å². The minimum atomic E-state index is -0.489. The summed E-state index contributed by atoms with van der Waals surface area (Å²) in [5.41, 5.74) is 2.17. The van der Waals surface area contributed by atoms with E-state index in [-0.39, 0.29) is 5.78 Å². The number of carbonyl (C=O) groups excluding carboxylic acids is 1. The zero-order valence-electron chi connectivity index (χ0n) is 11.2. The number of ketones is 1. The van der Waals surface area contributed by atoms with Gasteiger partial charge in [0.25, 0.3) is 0 Å². The van der Waals surface area contributed by atoms with E-state index in [4.69, 9.17) is 9.84 Å². The molecule has 0 saturated heterocycles. The quantitative estimate of drug-likeness (QED) is 0.750. The number of fused-ring (bicyclic) bond motifs is 1. The van der Waals surface area contributed by atoms with Crippen molar-refractivity contribution < 1.29 is 14.6 Å². The SMILES string of the molecule is COc1cncc(-c2nc3ccc(C(=O)CO)cc3s2)c1. The number of Topliss-reactive ketones (excluding diaryl/α,β-unsaturated/α-hetero) is 1. The maximum Gasteiger partial charge on any atom is 0.188 e. The summed E-state index contributed by atoms with van der Waals surface area (Å²) in [5, 5.41) is 9.73. The van der Waals surface area contributed by atoms with E-state index in [1.165, 1.54) is 11.3 Å². The fourth-order valence-electron chi connectivity index (χ4n) is 1.96. The number of ether oxygens (including phenoxy) is 1. The monoisotopic (exact) mass is 300 g/mol. The second kappa shape index (κ2) is 5.59. The average Bonchev–Trinajstić information content (AvgIpc) is 2.97. The first-order valence-corrected chi connectivity index (χ1v) is 7.07. The molecule has 0 saturated carbocycles. The van der Waals surface area contributed by atoms with Gasteiger partial charge in [0.2, 0.25) is 0 Å². The predicted molar refractivity (Wildman–Crippen MR) is 80.8 cm³/mol. The Morgan fingerprint density at radius 2 is 2.19 bits per heavy atom. The van der Waals surface area contributed by atoms with Gasteiger partial charge in [-0.2, -0.15) is 0 Å². The standard InChI is InChI=1S/C15H12N2O3S/c1-20-11-4-10(6-16-7-11)15-17-12-3-2-9(13(19)8-18)5-14(12)21-15/h2-7,18H,8H2,1H3. The number of rotatable bonds is 4. The van der Waals surface area contributed by atoms with E-state index in [9.17, 15) is 4.79 Å². The second-order valence-electron chi connectivity index (χ2n) is 4.40. The number of nitrogens with zero attached hydrogens (tertiary/aromatic N) is 2. The summed E-state index contributed by atoms with van der Waals surface area (Å²) >= 11 is 1.47. The lowest BCUT2D eigenvalue weighted by molar-refractivity contribution is 0.0904. The van der Waals surface area contributed by atoms with Crippen molar-refractivity contribution in [3.8, 4) is 16.3 Å². The first kappa shape index (κ1) is 13.7. The van der Waals surface area contributed by atoms with Gasteiger partial charge in [-0.3, -0.25) is 9.78 Å². The van der Waals surface area contributed by atoms with Crippen LogP contribution >= 0.6 is 11.3 Å². The molecule has 0 unspecified atom stereocenters. The van der Waals surface area contributed by atoms with E-state index in [1.807, 2.05) is 6.07 Å².